The van der Waals surface area contributed by atoms with Gasteiger partial charge in [0.1, 0.15) is 7.11 Å². The maximum absolute atomic E-state index is 12.0. The van der Waals surface area contributed by atoms with Crippen molar-refractivity contribution in [2.45, 2.75) is 17.6 Å². The zero-order chi connectivity index (χ0) is 17.5. The van der Waals surface area contributed by atoms with Gasteiger partial charge < -0.3 is 9.57 Å². The van der Waals surface area contributed by atoms with Crippen LogP contribution < -0.4 is 0 Å². The van der Waals surface area contributed by atoms with Crippen LogP contribution in [0.15, 0.2) is 52.5 Å². The van der Waals surface area contributed by atoms with Crippen LogP contribution in [0.25, 0.3) is 0 Å². The first-order valence-corrected chi connectivity index (χ1v) is 8.60. The Labute approximate surface area is 150 Å². The van der Waals surface area contributed by atoms with Gasteiger partial charge in [0, 0.05) is 16.2 Å². The Morgan fingerprint density at radius 3 is 2.50 bits per heavy atom. The molecule has 0 amide bonds. The van der Waals surface area contributed by atoms with Crippen molar-refractivity contribution in [2.75, 3.05) is 14.2 Å². The Balaban J connectivity index is 2.33. The van der Waals surface area contributed by atoms with E-state index in [0.29, 0.717) is 10.6 Å². The number of carbonyl (C=O) groups excluding carboxylic acids is 1. The summed E-state index contributed by atoms with van der Waals surface area (Å²) in [5.74, 6) is 0.148. The van der Waals surface area contributed by atoms with Gasteiger partial charge in [-0.25, -0.2) is 4.79 Å². The van der Waals surface area contributed by atoms with E-state index in [0.717, 1.165) is 10.6 Å². The number of hydrogen-bond acceptors (Lipinski definition) is 5. The van der Waals surface area contributed by atoms with Crippen molar-refractivity contribution < 1.29 is 14.4 Å². The second-order valence-electron chi connectivity index (χ2n) is 5.00. The number of rotatable bonds is 6. The fraction of sp³-hybridized carbons (Fsp3) is 0.222. The molecule has 24 heavy (non-hydrogen) atoms. The fourth-order valence-corrected chi connectivity index (χ4v) is 3.43. The van der Waals surface area contributed by atoms with Crippen LogP contribution in [0.2, 0.25) is 5.02 Å². The quantitative estimate of drug-likeness (QED) is 0.329. The van der Waals surface area contributed by atoms with Gasteiger partial charge >= 0.3 is 5.97 Å². The minimum atomic E-state index is -0.573. The van der Waals surface area contributed by atoms with E-state index in [1.165, 1.54) is 37.1 Å². The van der Waals surface area contributed by atoms with Crippen molar-refractivity contribution in [1.82, 2.24) is 0 Å². The molecule has 0 aromatic heterocycles. The number of thioether (sulfide) groups is 1. The van der Waals surface area contributed by atoms with Crippen molar-refractivity contribution in [1.29, 1.82) is 0 Å². The third kappa shape index (κ3) is 4.52. The van der Waals surface area contributed by atoms with Crippen molar-refractivity contribution in [3.63, 3.8) is 0 Å². The number of methoxy groups -OCH3 is 1. The number of ether oxygens (including phenoxy) is 1. The molecule has 4 nitrogen and oxygen atoms in total. The molecular formula is C18H18ClNO3S. The van der Waals surface area contributed by atoms with Gasteiger partial charge in [0.15, 0.2) is 5.71 Å². The smallest absolute Gasteiger partial charge is 0.360 e. The molecule has 0 fully saturated rings. The summed E-state index contributed by atoms with van der Waals surface area (Å²) in [5, 5.41) is 4.36. The Morgan fingerprint density at radius 1 is 1.17 bits per heavy atom. The van der Waals surface area contributed by atoms with E-state index in [1.54, 1.807) is 18.2 Å². The Morgan fingerprint density at radius 2 is 1.88 bits per heavy atom. The molecule has 0 spiro atoms. The summed E-state index contributed by atoms with van der Waals surface area (Å²) >= 11 is 7.88. The highest BCUT2D eigenvalue weighted by atomic mass is 35.5. The van der Waals surface area contributed by atoms with Gasteiger partial charge in [-0.3, -0.25) is 0 Å². The van der Waals surface area contributed by atoms with Crippen LogP contribution in [-0.4, -0.2) is 25.9 Å². The molecule has 2 rings (SSSR count). The van der Waals surface area contributed by atoms with E-state index in [4.69, 9.17) is 21.2 Å². The lowest BCUT2D eigenvalue weighted by molar-refractivity contribution is -0.132. The molecule has 0 saturated carbocycles. The van der Waals surface area contributed by atoms with Crippen LogP contribution in [0, 0.1) is 6.92 Å². The molecule has 0 aliphatic heterocycles. The van der Waals surface area contributed by atoms with Gasteiger partial charge in [-0.15, -0.1) is 11.8 Å². The maximum Gasteiger partial charge on any atom is 0.360 e. The van der Waals surface area contributed by atoms with Gasteiger partial charge in [-0.2, -0.15) is 0 Å². The molecule has 0 saturated heterocycles. The lowest BCUT2D eigenvalue weighted by Crippen LogP contribution is -2.18. The monoisotopic (exact) mass is 363 g/mol. The van der Waals surface area contributed by atoms with E-state index >= 15 is 0 Å². The molecule has 0 heterocycles. The summed E-state index contributed by atoms with van der Waals surface area (Å²) in [7, 11) is 2.68. The first kappa shape index (κ1) is 18.4. The molecule has 2 aromatic rings. The summed E-state index contributed by atoms with van der Waals surface area (Å²) in [5.41, 5.74) is 3.06. The van der Waals surface area contributed by atoms with Gasteiger partial charge in [-0.1, -0.05) is 58.7 Å². The standard InChI is InChI=1S/C18H18ClNO3S/c1-12-7-9-13(10-8-12)11-24-17-14(5-4-6-15(17)19)16(20-23-3)18(21)22-2/h4-10H,11H2,1-3H3. The summed E-state index contributed by atoms with van der Waals surface area (Å²) in [6.07, 6.45) is 0. The number of hydrogen-bond donors (Lipinski definition) is 0. The lowest BCUT2D eigenvalue weighted by atomic mass is 10.1. The van der Waals surface area contributed by atoms with E-state index in [2.05, 4.69) is 29.4 Å². The van der Waals surface area contributed by atoms with Crippen LogP contribution in [-0.2, 0) is 20.1 Å². The molecule has 0 bridgehead atoms. The largest absolute Gasteiger partial charge is 0.464 e. The van der Waals surface area contributed by atoms with Crippen molar-refractivity contribution >= 4 is 35.0 Å². The van der Waals surface area contributed by atoms with Crippen LogP contribution >= 0.6 is 23.4 Å². The average molecular weight is 364 g/mol. The molecule has 0 unspecified atom stereocenters. The molecule has 0 atom stereocenters. The molecule has 2 aromatic carbocycles. The van der Waals surface area contributed by atoms with Gasteiger partial charge in [0.05, 0.1) is 12.1 Å². The summed E-state index contributed by atoms with van der Waals surface area (Å²) in [4.78, 5) is 17.5. The second-order valence-corrected chi connectivity index (χ2v) is 6.40. The number of benzene rings is 2. The minimum Gasteiger partial charge on any atom is -0.464 e. The normalized spacial score (nSPS) is 11.2. The number of aryl methyl sites for hydroxylation is 1. The summed E-state index contributed by atoms with van der Waals surface area (Å²) < 4.78 is 4.79. The van der Waals surface area contributed by atoms with E-state index in [9.17, 15) is 4.79 Å². The van der Waals surface area contributed by atoms with Crippen LogP contribution in [0.4, 0.5) is 0 Å². The first-order chi connectivity index (χ1) is 11.6. The van der Waals surface area contributed by atoms with Gasteiger partial charge in [0.2, 0.25) is 0 Å². The SMILES string of the molecule is CON=C(C(=O)OC)c1cccc(Cl)c1SCc1ccc(C)cc1. The Hall–Kier alpha value is -1.98. The number of halogens is 1. The summed E-state index contributed by atoms with van der Waals surface area (Å²) in [6.45, 7) is 2.05. The van der Waals surface area contributed by atoms with Crippen molar-refractivity contribution in [3.05, 3.63) is 64.2 Å². The zero-order valence-electron chi connectivity index (χ0n) is 13.7. The average Bonchev–Trinajstić information content (AvgIpc) is 2.59. The topological polar surface area (TPSA) is 47.9 Å². The number of esters is 1. The van der Waals surface area contributed by atoms with Crippen LogP contribution in [0.5, 0.6) is 0 Å². The minimum absolute atomic E-state index is 0.0916. The highest BCUT2D eigenvalue weighted by Gasteiger charge is 2.21. The molecule has 0 radical (unpaired) electrons. The molecule has 0 aliphatic rings. The Kier molecular flexibility index (Phi) is 6.70. The van der Waals surface area contributed by atoms with Crippen molar-refractivity contribution in [3.8, 4) is 0 Å². The number of carbonyl (C=O) groups is 1. The Bertz CT molecular complexity index is 744. The fourth-order valence-electron chi connectivity index (χ4n) is 2.07. The molecule has 126 valence electrons. The highest BCUT2D eigenvalue weighted by Crippen LogP contribution is 2.33. The number of oxime groups is 1. The predicted octanol–water partition coefficient (Wildman–Crippen LogP) is 4.46. The third-order valence-electron chi connectivity index (χ3n) is 3.29. The van der Waals surface area contributed by atoms with E-state index < -0.39 is 5.97 Å². The highest BCUT2D eigenvalue weighted by molar-refractivity contribution is 7.98. The molecule has 0 aliphatic carbocycles. The first-order valence-electron chi connectivity index (χ1n) is 7.23. The summed E-state index contributed by atoms with van der Waals surface area (Å²) in [6, 6.07) is 13.6. The van der Waals surface area contributed by atoms with E-state index in [1.807, 2.05) is 6.92 Å². The molecule has 0 N–H and O–H groups in total. The number of nitrogens with zero attached hydrogens (tertiary/aromatic N) is 1. The van der Waals surface area contributed by atoms with E-state index in [-0.39, 0.29) is 5.71 Å². The van der Waals surface area contributed by atoms with Crippen molar-refractivity contribution in [2.24, 2.45) is 5.16 Å². The lowest BCUT2D eigenvalue weighted by Gasteiger charge is -2.12. The zero-order valence-corrected chi connectivity index (χ0v) is 15.3. The molecular weight excluding hydrogens is 346 g/mol. The second kappa shape index (κ2) is 8.76. The van der Waals surface area contributed by atoms with Crippen LogP contribution in [0.1, 0.15) is 16.7 Å². The predicted molar refractivity (Wildman–Crippen MR) is 97.8 cm³/mol. The van der Waals surface area contributed by atoms with Gasteiger partial charge in [0.25, 0.3) is 0 Å². The van der Waals surface area contributed by atoms with Gasteiger partial charge in [-0.05, 0) is 18.6 Å². The molecule has 6 heteroatoms. The van der Waals surface area contributed by atoms with Crippen LogP contribution in [0.3, 0.4) is 0 Å². The maximum atomic E-state index is 12.0. The third-order valence-corrected chi connectivity index (χ3v) is 4.92.